The lowest BCUT2D eigenvalue weighted by molar-refractivity contribution is 0.194. The van der Waals surface area contributed by atoms with Crippen molar-refractivity contribution < 1.29 is 0 Å². The molecule has 0 spiro atoms. The lowest BCUT2D eigenvalue weighted by Gasteiger charge is -2.54. The van der Waals surface area contributed by atoms with E-state index in [0.717, 1.165) is 12.8 Å². The second-order valence-corrected chi connectivity index (χ2v) is 26.8. The lowest BCUT2D eigenvalue weighted by atomic mass is 9.33. The minimum atomic E-state index is -0.150. The summed E-state index contributed by atoms with van der Waals surface area (Å²) < 4.78 is 0. The van der Waals surface area contributed by atoms with Crippen LogP contribution in [0.4, 0.5) is 39.8 Å². The highest BCUT2D eigenvalue weighted by molar-refractivity contribution is 7.00. The van der Waals surface area contributed by atoms with Crippen molar-refractivity contribution in [2.24, 2.45) is 0 Å². The summed E-state index contributed by atoms with van der Waals surface area (Å²) in [5.74, 6) is 0. The van der Waals surface area contributed by atoms with E-state index in [9.17, 15) is 0 Å². The predicted molar refractivity (Wildman–Crippen MR) is 325 cm³/mol. The SMILES string of the molecule is CC(C)(C)c1ccc2c(c1)B1c3cc(-c4ccccc4)cc4c3N(c3cc(N5c6ccc(-c7ccccc7)cc6C6(C)CCCCC56C)cc(c31)N2c1ccc(C(C)(C)C)cc1-c1ccccc1)C1(C)CCCCC41C. The van der Waals surface area contributed by atoms with Crippen molar-refractivity contribution in [1.29, 1.82) is 0 Å². The summed E-state index contributed by atoms with van der Waals surface area (Å²) in [4.78, 5) is 8.56. The highest BCUT2D eigenvalue weighted by Gasteiger charge is 2.63. The third kappa shape index (κ3) is 6.55. The summed E-state index contributed by atoms with van der Waals surface area (Å²) in [5, 5.41) is 0. The van der Waals surface area contributed by atoms with Crippen LogP contribution in [0, 0.1) is 0 Å². The smallest absolute Gasteiger partial charge is 0.252 e. The number of hydrogen-bond acceptors (Lipinski definition) is 3. The first-order valence-corrected chi connectivity index (χ1v) is 28.8. The molecule has 2 saturated carbocycles. The molecule has 8 aromatic rings. The molecule has 0 amide bonds. The Bertz CT molecular complexity index is 3660. The van der Waals surface area contributed by atoms with E-state index in [1.54, 1.807) is 0 Å². The molecule has 0 bridgehead atoms. The molecular formula is C72H74BN3. The van der Waals surface area contributed by atoms with Crippen molar-refractivity contribution in [2.75, 3.05) is 14.7 Å². The van der Waals surface area contributed by atoms with Gasteiger partial charge in [-0.2, -0.15) is 0 Å². The maximum atomic E-state index is 2.96. The molecule has 380 valence electrons. The Morgan fingerprint density at radius 3 is 1.54 bits per heavy atom. The molecule has 4 unspecified atom stereocenters. The molecule has 76 heavy (non-hydrogen) atoms. The highest BCUT2D eigenvalue weighted by atomic mass is 15.3. The Hall–Kier alpha value is -6.78. The van der Waals surface area contributed by atoms with Gasteiger partial charge in [0.05, 0.1) is 16.8 Å². The molecule has 4 atom stereocenters. The van der Waals surface area contributed by atoms with Gasteiger partial charge >= 0.3 is 0 Å². The number of nitrogens with zero attached hydrogens (tertiary/aromatic N) is 3. The average molecular weight is 992 g/mol. The van der Waals surface area contributed by atoms with Gasteiger partial charge in [0, 0.05) is 50.5 Å². The zero-order chi connectivity index (χ0) is 52.3. The van der Waals surface area contributed by atoms with Gasteiger partial charge in [-0.15, -0.1) is 0 Å². The maximum Gasteiger partial charge on any atom is 0.252 e. The van der Waals surface area contributed by atoms with Crippen LogP contribution in [0.1, 0.15) is 143 Å². The molecule has 3 nitrogen and oxygen atoms in total. The van der Waals surface area contributed by atoms with E-state index in [1.807, 2.05) is 0 Å². The standard InChI is InChI=1S/C72H74BN3/c1-67(2,3)52-31-34-60(55(43-52)49-28-18-13-19-29-49)74-62-35-32-53(68(4,5)6)44-58(62)73-59-42-51(48-26-16-12-17-27-48)41-57-66(59)76(72(10)39-23-21-37-70(57,72)8)64-46-54(45-63(74)65(64)73)75-61-33-30-50(47-24-14-11-15-25-47)40-56(61)69(7)36-20-22-38-71(69,75)9/h11-19,24-35,40-46H,20-23,36-39H2,1-10H3. The fourth-order valence-electron chi connectivity index (χ4n) is 16.0. The Labute approximate surface area is 454 Å². The summed E-state index contributed by atoms with van der Waals surface area (Å²) in [7, 11) is 0. The van der Waals surface area contributed by atoms with E-state index in [4.69, 9.17) is 0 Å². The Morgan fingerprint density at radius 2 is 0.908 bits per heavy atom. The van der Waals surface area contributed by atoms with Crippen molar-refractivity contribution >= 4 is 62.9 Å². The van der Waals surface area contributed by atoms with Crippen molar-refractivity contribution in [2.45, 2.75) is 153 Å². The van der Waals surface area contributed by atoms with Gasteiger partial charge in [-0.1, -0.05) is 202 Å². The van der Waals surface area contributed by atoms with Gasteiger partial charge in [-0.05, 0) is 165 Å². The highest BCUT2D eigenvalue weighted by Crippen LogP contribution is 2.65. The fourth-order valence-corrected chi connectivity index (χ4v) is 16.0. The van der Waals surface area contributed by atoms with Crippen molar-refractivity contribution in [3.8, 4) is 33.4 Å². The van der Waals surface area contributed by atoms with Crippen LogP contribution in [0.3, 0.4) is 0 Å². The quantitative estimate of drug-likeness (QED) is 0.159. The van der Waals surface area contributed by atoms with Gasteiger partial charge < -0.3 is 14.7 Å². The summed E-state index contributed by atoms with van der Waals surface area (Å²) >= 11 is 0. The summed E-state index contributed by atoms with van der Waals surface area (Å²) in [6, 6.07) is 66.6. The van der Waals surface area contributed by atoms with E-state index in [2.05, 4.69) is 254 Å². The molecule has 14 rings (SSSR count). The van der Waals surface area contributed by atoms with E-state index in [-0.39, 0.29) is 39.5 Å². The number of rotatable bonds is 5. The monoisotopic (exact) mass is 992 g/mol. The largest absolute Gasteiger partial charge is 0.335 e. The van der Waals surface area contributed by atoms with E-state index >= 15 is 0 Å². The number of fused-ring (bicyclic) bond motifs is 10. The molecule has 8 aromatic carbocycles. The molecule has 0 radical (unpaired) electrons. The fraction of sp³-hybridized carbons (Fsp3) is 0.333. The first-order chi connectivity index (χ1) is 36.4. The van der Waals surface area contributed by atoms with Gasteiger partial charge in [0.15, 0.2) is 0 Å². The first-order valence-electron chi connectivity index (χ1n) is 28.8. The number of anilines is 7. The van der Waals surface area contributed by atoms with E-state index < -0.39 is 0 Å². The zero-order valence-electron chi connectivity index (χ0n) is 46.7. The number of hydrogen-bond donors (Lipinski definition) is 0. The van der Waals surface area contributed by atoms with Gasteiger partial charge in [-0.25, -0.2) is 0 Å². The maximum absolute atomic E-state index is 2.96. The van der Waals surface area contributed by atoms with Crippen LogP contribution in [0.2, 0.25) is 0 Å². The number of benzene rings is 8. The zero-order valence-corrected chi connectivity index (χ0v) is 46.7. The summed E-state index contributed by atoms with van der Waals surface area (Å²) in [5.41, 5.74) is 26.6. The second-order valence-electron chi connectivity index (χ2n) is 26.8. The van der Waals surface area contributed by atoms with Gasteiger partial charge in [0.25, 0.3) is 6.71 Å². The van der Waals surface area contributed by atoms with E-state index in [1.165, 1.54) is 150 Å². The van der Waals surface area contributed by atoms with Crippen LogP contribution < -0.4 is 31.1 Å². The third-order valence-corrected chi connectivity index (χ3v) is 20.6. The Morgan fingerprint density at radius 1 is 0.395 bits per heavy atom. The molecule has 0 aromatic heterocycles. The molecule has 4 heterocycles. The minimum absolute atomic E-state index is 0.0115. The molecule has 4 heteroatoms. The van der Waals surface area contributed by atoms with Crippen LogP contribution in [-0.2, 0) is 21.7 Å². The molecule has 2 fully saturated rings. The molecule has 0 N–H and O–H groups in total. The van der Waals surface area contributed by atoms with Crippen molar-refractivity contribution in [3.63, 3.8) is 0 Å². The van der Waals surface area contributed by atoms with Crippen LogP contribution in [0.25, 0.3) is 33.4 Å². The lowest BCUT2D eigenvalue weighted by Crippen LogP contribution is -2.64. The molecule has 4 aliphatic heterocycles. The topological polar surface area (TPSA) is 9.72 Å². The summed E-state index contributed by atoms with van der Waals surface area (Å²) in [6.45, 7) is 24.8. The van der Waals surface area contributed by atoms with E-state index in [0.29, 0.717) is 0 Å². The Balaban J connectivity index is 1.12. The second kappa shape index (κ2) is 16.4. The molecule has 6 aliphatic rings. The van der Waals surface area contributed by atoms with Gasteiger partial charge in [0.1, 0.15) is 0 Å². The minimum Gasteiger partial charge on any atom is -0.335 e. The van der Waals surface area contributed by atoms with Gasteiger partial charge in [-0.3, -0.25) is 0 Å². The molecular weight excluding hydrogens is 918 g/mol. The molecule has 0 saturated heterocycles. The normalized spacial score (nSPS) is 23.9. The van der Waals surface area contributed by atoms with Crippen LogP contribution in [0.5, 0.6) is 0 Å². The van der Waals surface area contributed by atoms with Gasteiger partial charge in [0.2, 0.25) is 0 Å². The van der Waals surface area contributed by atoms with Crippen LogP contribution >= 0.6 is 0 Å². The Kier molecular flexibility index (Phi) is 10.3. The van der Waals surface area contributed by atoms with Crippen molar-refractivity contribution in [1.82, 2.24) is 0 Å². The summed E-state index contributed by atoms with van der Waals surface area (Å²) in [6.07, 6.45) is 9.57. The van der Waals surface area contributed by atoms with Crippen LogP contribution in [0.15, 0.2) is 170 Å². The predicted octanol–water partition coefficient (Wildman–Crippen LogP) is 17.4. The van der Waals surface area contributed by atoms with Crippen molar-refractivity contribution in [3.05, 3.63) is 192 Å². The molecule has 2 aliphatic carbocycles. The average Bonchev–Trinajstić information content (AvgIpc) is 3.62. The first kappa shape index (κ1) is 47.7. The third-order valence-electron chi connectivity index (χ3n) is 20.6. The van der Waals surface area contributed by atoms with Crippen LogP contribution in [-0.4, -0.2) is 17.8 Å².